The molecule has 0 aromatic heterocycles. The molecular formula is C82H78ClN5O10Si. The Morgan fingerprint density at radius 1 is 0.495 bits per heavy atom. The van der Waals surface area contributed by atoms with Crippen LogP contribution in [0.2, 0.25) is 23.2 Å². The molecule has 0 saturated heterocycles. The lowest BCUT2D eigenvalue weighted by Gasteiger charge is -2.38. The first-order valence-corrected chi connectivity index (χ1v) is 36.1. The van der Waals surface area contributed by atoms with Gasteiger partial charge in [-0.25, -0.2) is 14.4 Å². The Morgan fingerprint density at radius 3 is 1.34 bits per heavy atom. The van der Waals surface area contributed by atoms with Crippen LogP contribution in [-0.4, -0.2) is 68.9 Å². The number of nitrogens with one attached hydrogen (secondary N) is 4. The highest BCUT2D eigenvalue weighted by atomic mass is 35.5. The van der Waals surface area contributed by atoms with Gasteiger partial charge in [-0.3, -0.25) is 14.4 Å². The third kappa shape index (κ3) is 15.4. The molecule has 10 aromatic carbocycles. The van der Waals surface area contributed by atoms with Gasteiger partial charge in [0.25, 0.3) is 14.2 Å². The average molecular weight is 1360 g/mol. The van der Waals surface area contributed by atoms with Crippen LogP contribution < -0.4 is 31.4 Å². The fourth-order valence-electron chi connectivity index (χ4n) is 12.4. The number of benzene rings is 10. The third-order valence-electron chi connectivity index (χ3n) is 18.5. The highest BCUT2D eigenvalue weighted by molar-refractivity contribution is 6.74. The Balaban J connectivity index is 1.02. The highest BCUT2D eigenvalue weighted by Gasteiger charge is 2.48. The summed E-state index contributed by atoms with van der Waals surface area (Å²) in [5, 5.41) is 11.8. The number of amides is 4. The molecule has 15 nitrogen and oxygen atoms in total. The molecule has 10 aromatic rings. The predicted octanol–water partition coefficient (Wildman–Crippen LogP) is 14.4. The van der Waals surface area contributed by atoms with Crippen LogP contribution in [0.1, 0.15) is 94.8 Å². The monoisotopic (exact) mass is 1360 g/mol. The van der Waals surface area contributed by atoms with E-state index >= 15 is 24.0 Å². The third-order valence-corrected chi connectivity index (χ3v) is 23.2. The van der Waals surface area contributed by atoms with Gasteiger partial charge in [-0.15, -0.1) is 0 Å². The summed E-state index contributed by atoms with van der Waals surface area (Å²) in [6.45, 7) is 9.82. The zero-order chi connectivity index (χ0) is 69.7. The highest BCUT2D eigenvalue weighted by Crippen LogP contribution is 2.45. The van der Waals surface area contributed by atoms with Crippen LogP contribution in [-0.2, 0) is 55.9 Å². The summed E-state index contributed by atoms with van der Waals surface area (Å²) >= 11 is 6.95. The molecular weight excluding hydrogens is 1280 g/mol. The van der Waals surface area contributed by atoms with E-state index in [1.165, 1.54) is 6.07 Å². The van der Waals surface area contributed by atoms with Crippen molar-refractivity contribution >= 4 is 55.7 Å². The van der Waals surface area contributed by atoms with Crippen LogP contribution in [0, 0.1) is 0 Å². The molecule has 1 aliphatic carbocycles. The van der Waals surface area contributed by atoms with Gasteiger partial charge in [0.05, 0.1) is 11.4 Å². The normalized spacial score (nSPS) is 13.4. The lowest BCUT2D eigenvalue weighted by Crippen LogP contribution is -2.62. The van der Waals surface area contributed by atoms with E-state index in [9.17, 15) is 4.79 Å². The van der Waals surface area contributed by atoms with E-state index in [0.29, 0.717) is 44.7 Å². The maximum atomic E-state index is 16.4. The minimum Gasteiger partial charge on any atom is -0.543 e. The van der Waals surface area contributed by atoms with Crippen molar-refractivity contribution < 1.29 is 47.4 Å². The number of ether oxygens (including phenoxy) is 3. The number of nitrogens with two attached hydrogens (primary N) is 1. The Morgan fingerprint density at radius 2 is 0.909 bits per heavy atom. The first-order chi connectivity index (χ1) is 47.8. The second kappa shape index (κ2) is 30.7. The number of carbonyl (C=O) groups excluding carboxylic acids is 6. The van der Waals surface area contributed by atoms with Crippen molar-refractivity contribution in [3.63, 3.8) is 0 Å². The van der Waals surface area contributed by atoms with Crippen LogP contribution in [0.25, 0.3) is 11.1 Å². The molecule has 0 radical (unpaired) electrons. The molecule has 0 heterocycles. The van der Waals surface area contributed by atoms with Gasteiger partial charge in [0, 0.05) is 5.92 Å². The van der Waals surface area contributed by atoms with Crippen LogP contribution in [0.15, 0.2) is 279 Å². The van der Waals surface area contributed by atoms with Gasteiger partial charge in [0.2, 0.25) is 17.9 Å². The van der Waals surface area contributed by atoms with E-state index in [2.05, 4.69) is 55.1 Å². The van der Waals surface area contributed by atoms with Crippen LogP contribution in [0.4, 0.5) is 4.79 Å². The van der Waals surface area contributed by atoms with Crippen molar-refractivity contribution in [2.45, 2.75) is 93.2 Å². The molecule has 0 saturated carbocycles. The molecule has 6 N–H and O–H groups in total. The summed E-state index contributed by atoms with van der Waals surface area (Å²) in [4.78, 5) is 93.6. The summed E-state index contributed by atoms with van der Waals surface area (Å²) in [6, 6.07) is 78.2. The number of hydrogen-bond donors (Lipinski definition) is 5. The Kier molecular flexibility index (Phi) is 21.5. The number of rotatable bonds is 25. The first kappa shape index (κ1) is 69.4. The van der Waals surface area contributed by atoms with Crippen molar-refractivity contribution in [3.8, 4) is 16.9 Å². The second-order valence-corrected chi connectivity index (χ2v) is 31.1. The largest absolute Gasteiger partial charge is 0.543 e. The standard InChI is InChI=1S/C82H78ClN5O10Si/c1-80(2,3)99(4,5)98-70-50-49-56(51-68(70)83)72(84)77(92)97-74(76(91)88-82(60-39-21-10-22-40-60,61-41-23-11-24-42-61)62-43-25-12-26-44-62)73(78(93)95-53-55-31-13-6-14-32-55)86-75(90)69(85-79(94)96-54-67-65-47-29-27-45-63(65)64-46-28-30-48-66(64)67)52-71(89)87-81(57-33-15-7-16-34-57,58-35-17-8-18-36-58)59-37-19-9-20-38-59/h6-51,67,69,72-74H,52-54,84H2,1-5H3,(H,85,94)(H,86,90)(H,87,89)(H,88,91)/t69-,72-,73-,74-/m0/s1. The summed E-state index contributed by atoms with van der Waals surface area (Å²) in [5.74, 6) is -5.57. The van der Waals surface area contributed by atoms with Gasteiger partial charge in [-0.1, -0.05) is 299 Å². The van der Waals surface area contributed by atoms with Gasteiger partial charge in [0.1, 0.15) is 42.1 Å². The molecule has 11 rings (SSSR count). The van der Waals surface area contributed by atoms with Crippen LogP contribution in [0.5, 0.6) is 5.75 Å². The Labute approximate surface area is 583 Å². The van der Waals surface area contributed by atoms with E-state index in [1.54, 1.807) is 78.9 Å². The van der Waals surface area contributed by atoms with Crippen LogP contribution >= 0.6 is 11.6 Å². The van der Waals surface area contributed by atoms with Crippen molar-refractivity contribution in [3.05, 3.63) is 340 Å². The van der Waals surface area contributed by atoms with Gasteiger partial charge in [-0.05, 0) is 97.0 Å². The van der Waals surface area contributed by atoms with Gasteiger partial charge in [-0.2, -0.15) is 0 Å². The number of esters is 2. The Bertz CT molecular complexity index is 4220. The SMILES string of the molecule is CC(C)(C)[Si](C)(C)Oc1ccc([C@H](N)C(=O)O[C@H](C(=O)NC(c2ccccc2)(c2ccccc2)c2ccccc2)[C@H](NC(=O)[C@H](CC(=O)NC(c2ccccc2)(c2ccccc2)c2ccccc2)NC(=O)OCC2c3ccccc3-c3ccccc32)C(=O)OCc2ccccc2)cc1Cl. The number of alkyl carbamates (subject to hydrolysis) is 1. The molecule has 0 aliphatic heterocycles. The fourth-order valence-corrected chi connectivity index (χ4v) is 13.7. The minimum atomic E-state index is -2.43. The van der Waals surface area contributed by atoms with Crippen molar-refractivity contribution in [1.82, 2.24) is 21.3 Å². The molecule has 0 unspecified atom stereocenters. The van der Waals surface area contributed by atoms with Gasteiger partial charge < -0.3 is 45.6 Å². The quantitative estimate of drug-likeness (QED) is 0.0157. The Hall–Kier alpha value is -10.9. The lowest BCUT2D eigenvalue weighted by molar-refractivity contribution is -0.167. The molecule has 1 aliphatic rings. The summed E-state index contributed by atoms with van der Waals surface area (Å²) in [7, 11) is -2.43. The molecule has 0 fully saturated rings. The fraction of sp³-hybridized carbons (Fsp3) is 0.195. The van der Waals surface area contributed by atoms with E-state index < -0.39 is 91.7 Å². The van der Waals surface area contributed by atoms with Gasteiger partial charge in [0.15, 0.2) is 6.04 Å². The van der Waals surface area contributed by atoms with E-state index in [0.717, 1.165) is 22.3 Å². The van der Waals surface area contributed by atoms with Crippen LogP contribution in [0.3, 0.4) is 0 Å². The van der Waals surface area contributed by atoms with Crippen molar-refractivity contribution in [2.75, 3.05) is 6.61 Å². The maximum Gasteiger partial charge on any atom is 0.407 e. The average Bonchev–Trinajstić information content (AvgIpc) is 1.29. The first-order valence-electron chi connectivity index (χ1n) is 32.8. The number of halogens is 1. The lowest BCUT2D eigenvalue weighted by atomic mass is 9.76. The smallest absolute Gasteiger partial charge is 0.407 e. The molecule has 0 bridgehead atoms. The number of fused-ring (bicyclic) bond motifs is 3. The van der Waals surface area contributed by atoms with Gasteiger partial charge >= 0.3 is 18.0 Å². The topological polar surface area (TPSA) is 213 Å². The maximum absolute atomic E-state index is 16.4. The summed E-state index contributed by atoms with van der Waals surface area (Å²) in [6.07, 6.45) is -4.25. The minimum absolute atomic E-state index is 0.149. The number of carbonyl (C=O) groups is 6. The molecule has 4 atom stereocenters. The number of hydrogen-bond acceptors (Lipinski definition) is 11. The van der Waals surface area contributed by atoms with E-state index in [-0.39, 0.29) is 28.8 Å². The second-order valence-electron chi connectivity index (χ2n) is 25.9. The molecule has 4 amide bonds. The predicted molar refractivity (Wildman–Crippen MR) is 386 cm³/mol. The zero-order valence-corrected chi connectivity index (χ0v) is 57.4. The molecule has 99 heavy (non-hydrogen) atoms. The van der Waals surface area contributed by atoms with Crippen molar-refractivity contribution in [1.29, 1.82) is 0 Å². The summed E-state index contributed by atoms with van der Waals surface area (Å²) in [5.41, 5.74) is 11.9. The van der Waals surface area contributed by atoms with E-state index in [4.69, 9.17) is 36.0 Å². The summed E-state index contributed by atoms with van der Waals surface area (Å²) < 4.78 is 25.1. The zero-order valence-electron chi connectivity index (χ0n) is 55.6. The molecule has 0 spiro atoms. The van der Waals surface area contributed by atoms with E-state index in [1.807, 2.05) is 194 Å². The van der Waals surface area contributed by atoms with Crippen molar-refractivity contribution in [2.24, 2.45) is 5.73 Å². The molecule has 17 heteroatoms. The molecule has 502 valence electrons.